The number of ether oxygens (including phenoxy) is 3. The fraction of sp³-hybridized carbons (Fsp3) is 0.212. The van der Waals surface area contributed by atoms with Gasteiger partial charge in [0.1, 0.15) is 29.1 Å². The summed E-state index contributed by atoms with van der Waals surface area (Å²) in [7, 11) is 3.18. The molecule has 5 rings (SSSR count). The highest BCUT2D eigenvalue weighted by molar-refractivity contribution is 6.30. The molecule has 1 aliphatic heterocycles. The summed E-state index contributed by atoms with van der Waals surface area (Å²) in [6.45, 7) is 1.71. The molecule has 0 bridgehead atoms. The summed E-state index contributed by atoms with van der Waals surface area (Å²) in [5.74, 6) is 1.28. The van der Waals surface area contributed by atoms with Crippen molar-refractivity contribution in [2.45, 2.75) is 25.2 Å². The predicted molar refractivity (Wildman–Crippen MR) is 171 cm³/mol. The average Bonchev–Trinajstić information content (AvgIpc) is 3.42. The minimum atomic E-state index is -4.59. The molecular weight excluding hydrogens is 646 g/mol. The largest absolute Gasteiger partial charge is 0.497 e. The maximum Gasteiger partial charge on any atom is 0.416 e. The number of nitrogens with zero attached hydrogens (tertiary/aromatic N) is 2. The number of nitrogen functional groups attached to an aromatic ring is 1. The second-order valence-electron chi connectivity index (χ2n) is 9.85. The van der Waals surface area contributed by atoms with Crippen LogP contribution >= 0.6 is 23.2 Å². The smallest absolute Gasteiger partial charge is 0.416 e. The van der Waals surface area contributed by atoms with E-state index in [9.17, 15) is 23.1 Å². The van der Waals surface area contributed by atoms with Crippen molar-refractivity contribution in [2.24, 2.45) is 4.99 Å². The van der Waals surface area contributed by atoms with Crippen molar-refractivity contribution < 1.29 is 37.3 Å². The number of alkyl halides is 3. The third-order valence-electron chi connectivity index (χ3n) is 6.98. The lowest BCUT2D eigenvalue weighted by atomic mass is 9.94. The molecule has 4 aromatic rings. The SMILES string of the molecule is CCOc1cc(C(F)(F)F)ccc1C1=NC(c2ccc(Cl)cc2)C(c2ccc(Cl)cc2)N1C(=O)O.COc1ccc(OC)c(N)c1. The molecule has 1 heterocycles. The fourth-order valence-electron chi connectivity index (χ4n) is 4.85. The zero-order valence-corrected chi connectivity index (χ0v) is 26.4. The Bertz CT molecular complexity index is 1700. The maximum atomic E-state index is 13.3. The predicted octanol–water partition coefficient (Wildman–Crippen LogP) is 8.92. The van der Waals surface area contributed by atoms with Crippen LogP contribution in [-0.4, -0.2) is 42.8 Å². The molecule has 8 nitrogen and oxygen atoms in total. The Morgan fingerprint density at radius 3 is 2.00 bits per heavy atom. The van der Waals surface area contributed by atoms with Crippen LogP contribution in [0.2, 0.25) is 10.0 Å². The number of carboxylic acid groups (broad SMARTS) is 1. The van der Waals surface area contributed by atoms with Gasteiger partial charge < -0.3 is 25.1 Å². The average molecular weight is 677 g/mol. The van der Waals surface area contributed by atoms with Gasteiger partial charge in [0, 0.05) is 16.1 Å². The highest BCUT2D eigenvalue weighted by Gasteiger charge is 2.43. The van der Waals surface area contributed by atoms with E-state index in [0.717, 1.165) is 22.8 Å². The van der Waals surface area contributed by atoms with Crippen LogP contribution in [0.1, 0.15) is 41.3 Å². The number of aliphatic imine (C=N–C) groups is 1. The molecule has 1 amide bonds. The van der Waals surface area contributed by atoms with Crippen LogP contribution in [0.4, 0.5) is 23.7 Å². The third kappa shape index (κ3) is 7.78. The van der Waals surface area contributed by atoms with Crippen LogP contribution in [0.25, 0.3) is 0 Å². The summed E-state index contributed by atoms with van der Waals surface area (Å²) in [4.78, 5) is 18.3. The van der Waals surface area contributed by atoms with Gasteiger partial charge >= 0.3 is 12.3 Å². The van der Waals surface area contributed by atoms with Gasteiger partial charge in [0.05, 0.1) is 43.7 Å². The summed E-state index contributed by atoms with van der Waals surface area (Å²) in [5, 5.41) is 11.2. The fourth-order valence-corrected chi connectivity index (χ4v) is 5.10. The summed E-state index contributed by atoms with van der Waals surface area (Å²) < 4.78 is 55.4. The first-order valence-corrected chi connectivity index (χ1v) is 14.6. The molecule has 4 aromatic carbocycles. The molecule has 3 N–H and O–H groups in total. The van der Waals surface area contributed by atoms with E-state index < -0.39 is 29.9 Å². The molecule has 0 aliphatic carbocycles. The number of amidine groups is 1. The van der Waals surface area contributed by atoms with Crippen LogP contribution in [-0.2, 0) is 6.18 Å². The van der Waals surface area contributed by atoms with Crippen molar-refractivity contribution in [3.05, 3.63) is 117 Å². The molecule has 0 spiro atoms. The highest BCUT2D eigenvalue weighted by atomic mass is 35.5. The van der Waals surface area contributed by atoms with Gasteiger partial charge in [0.2, 0.25) is 0 Å². The number of nitrogens with two attached hydrogens (primary N) is 1. The molecule has 1 aliphatic rings. The third-order valence-corrected chi connectivity index (χ3v) is 7.49. The zero-order valence-electron chi connectivity index (χ0n) is 24.9. The molecule has 13 heteroatoms. The zero-order chi connectivity index (χ0) is 33.6. The number of rotatable bonds is 7. The lowest BCUT2D eigenvalue weighted by Gasteiger charge is -2.27. The van der Waals surface area contributed by atoms with Gasteiger partial charge in [0.15, 0.2) is 0 Å². The number of hydrogen-bond donors (Lipinski definition) is 2. The second kappa shape index (κ2) is 14.7. The monoisotopic (exact) mass is 675 g/mol. The van der Waals surface area contributed by atoms with Crippen molar-refractivity contribution in [1.29, 1.82) is 0 Å². The molecular formula is C33H30Cl2F3N3O5. The molecule has 0 radical (unpaired) electrons. The number of benzene rings is 4. The minimum absolute atomic E-state index is 0.0189. The second-order valence-corrected chi connectivity index (χ2v) is 10.7. The number of carbonyl (C=O) groups is 1. The van der Waals surface area contributed by atoms with E-state index in [1.165, 1.54) is 6.07 Å². The van der Waals surface area contributed by atoms with Crippen molar-refractivity contribution in [2.75, 3.05) is 26.6 Å². The normalized spacial score (nSPS) is 15.8. The van der Waals surface area contributed by atoms with E-state index in [2.05, 4.69) is 0 Å². The van der Waals surface area contributed by atoms with E-state index in [1.54, 1.807) is 87.9 Å². The standard InChI is InChI=1S/C25H19Cl2F3N2O3.C8H11NO2/c1-2-35-20-13-16(25(28,29)30)7-12-19(20)23-31-21(14-3-8-17(26)9-4-14)22(32(23)24(33)34)15-5-10-18(27)11-6-15;1-10-6-3-4-8(11-2)7(9)5-6/h3-13,21-22H,2H2,1H3,(H,33,34);3-5H,9H2,1-2H3. The van der Waals surface area contributed by atoms with Crippen molar-refractivity contribution in [1.82, 2.24) is 4.90 Å². The lowest BCUT2D eigenvalue weighted by Crippen LogP contribution is -2.37. The Morgan fingerprint density at radius 2 is 1.50 bits per heavy atom. The first-order valence-electron chi connectivity index (χ1n) is 13.8. The van der Waals surface area contributed by atoms with Crippen LogP contribution < -0.4 is 19.9 Å². The maximum absolute atomic E-state index is 13.3. The molecule has 2 atom stereocenters. The molecule has 242 valence electrons. The van der Waals surface area contributed by atoms with Crippen LogP contribution in [0.5, 0.6) is 17.2 Å². The molecule has 0 saturated carbocycles. The molecule has 0 saturated heterocycles. The van der Waals surface area contributed by atoms with Crippen molar-refractivity contribution in [3.63, 3.8) is 0 Å². The first kappa shape index (κ1) is 34.3. The van der Waals surface area contributed by atoms with Gasteiger partial charge in [-0.15, -0.1) is 0 Å². The number of methoxy groups -OCH3 is 2. The van der Waals surface area contributed by atoms with Gasteiger partial charge in [-0.25, -0.2) is 4.79 Å². The Kier molecular flexibility index (Phi) is 10.9. The van der Waals surface area contributed by atoms with Gasteiger partial charge in [0.25, 0.3) is 0 Å². The number of anilines is 1. The van der Waals surface area contributed by atoms with Gasteiger partial charge in [-0.3, -0.25) is 9.89 Å². The summed E-state index contributed by atoms with van der Waals surface area (Å²) in [5.41, 5.74) is 6.71. The van der Waals surface area contributed by atoms with Crippen LogP contribution in [0.3, 0.4) is 0 Å². The van der Waals surface area contributed by atoms with Crippen molar-refractivity contribution in [3.8, 4) is 17.2 Å². The quantitative estimate of drug-likeness (QED) is 0.189. The van der Waals surface area contributed by atoms with E-state index >= 15 is 0 Å². The molecule has 0 fully saturated rings. The van der Waals surface area contributed by atoms with E-state index in [4.69, 9.17) is 48.1 Å². The Labute approximate surface area is 273 Å². The van der Waals surface area contributed by atoms with Gasteiger partial charge in [-0.05, 0) is 72.6 Å². The van der Waals surface area contributed by atoms with Crippen LogP contribution in [0.15, 0.2) is 89.9 Å². The molecule has 2 unspecified atom stereocenters. The number of amides is 1. The Hall–Kier alpha value is -4.61. The minimum Gasteiger partial charge on any atom is -0.497 e. The van der Waals surface area contributed by atoms with E-state index in [-0.39, 0.29) is 23.8 Å². The summed E-state index contributed by atoms with van der Waals surface area (Å²) >= 11 is 12.1. The Balaban J connectivity index is 0.000000369. The van der Waals surface area contributed by atoms with Gasteiger partial charge in [-0.1, -0.05) is 47.5 Å². The Morgan fingerprint density at radius 1 is 0.891 bits per heavy atom. The van der Waals surface area contributed by atoms with E-state index in [0.29, 0.717) is 32.6 Å². The van der Waals surface area contributed by atoms with E-state index in [1.807, 2.05) is 0 Å². The lowest BCUT2D eigenvalue weighted by molar-refractivity contribution is -0.137. The molecule has 46 heavy (non-hydrogen) atoms. The number of halogens is 5. The summed E-state index contributed by atoms with van der Waals surface area (Å²) in [6, 6.07) is 20.2. The highest BCUT2D eigenvalue weighted by Crippen LogP contribution is 2.45. The molecule has 0 aromatic heterocycles. The number of hydrogen-bond acceptors (Lipinski definition) is 6. The van der Waals surface area contributed by atoms with Crippen molar-refractivity contribution >= 4 is 40.8 Å². The topological polar surface area (TPSA) is 107 Å². The first-order chi connectivity index (χ1) is 21.9. The van der Waals surface area contributed by atoms with Gasteiger partial charge in [-0.2, -0.15) is 13.2 Å². The van der Waals surface area contributed by atoms with Crippen LogP contribution in [0, 0.1) is 0 Å². The summed E-state index contributed by atoms with van der Waals surface area (Å²) in [6.07, 6.45) is -5.91.